The quantitative estimate of drug-likeness (QED) is 0.0845. The van der Waals surface area contributed by atoms with E-state index in [2.05, 4.69) is 5.32 Å². The van der Waals surface area contributed by atoms with Crippen molar-refractivity contribution >= 4 is 5.97 Å². The fourth-order valence-electron chi connectivity index (χ4n) is 3.59. The summed E-state index contributed by atoms with van der Waals surface area (Å²) in [6, 6.07) is 0. The molecule has 0 aromatic rings. The number of piperidine rings is 1. The summed E-state index contributed by atoms with van der Waals surface area (Å²) in [5.41, 5.74) is 0. The maximum absolute atomic E-state index is 11.2. The van der Waals surface area contributed by atoms with E-state index in [1.165, 1.54) is 0 Å². The molecule has 1 rings (SSSR count). The van der Waals surface area contributed by atoms with Gasteiger partial charge in [0.2, 0.25) is 0 Å². The van der Waals surface area contributed by atoms with Crippen LogP contribution in [0.4, 0.5) is 0 Å². The number of hydrogen-bond donors (Lipinski definition) is 1. The van der Waals surface area contributed by atoms with Gasteiger partial charge >= 0.3 is 5.97 Å². The van der Waals surface area contributed by atoms with Crippen molar-refractivity contribution in [1.29, 1.82) is 0 Å². The summed E-state index contributed by atoms with van der Waals surface area (Å²) in [6.07, 6.45) is 3.76. The van der Waals surface area contributed by atoms with Gasteiger partial charge in [0.05, 0.1) is 132 Å². The van der Waals surface area contributed by atoms with E-state index in [0.29, 0.717) is 138 Å². The Morgan fingerprint density at radius 3 is 1.14 bits per heavy atom. The number of esters is 1. The third-order valence-corrected chi connectivity index (χ3v) is 5.79. The van der Waals surface area contributed by atoms with Crippen LogP contribution in [-0.4, -0.2) is 157 Å². The molecule has 0 unspecified atom stereocenters. The molecule has 0 atom stereocenters. The van der Waals surface area contributed by atoms with Gasteiger partial charge in [-0.3, -0.25) is 4.79 Å². The summed E-state index contributed by atoms with van der Waals surface area (Å²) >= 11 is 0. The number of rotatable bonds is 33. The summed E-state index contributed by atoms with van der Waals surface area (Å²) in [4.78, 5) is 11.2. The third kappa shape index (κ3) is 29.1. The third-order valence-electron chi connectivity index (χ3n) is 5.79. The topological polar surface area (TPSA) is 131 Å². The molecule has 0 aromatic carbocycles. The Kier molecular flexibility index (Phi) is 30.6. The van der Waals surface area contributed by atoms with Crippen LogP contribution in [0.15, 0.2) is 0 Å². The van der Waals surface area contributed by atoms with Crippen LogP contribution < -0.4 is 5.32 Å². The number of hydrogen-bond acceptors (Lipinski definition) is 13. The van der Waals surface area contributed by atoms with E-state index in [0.717, 1.165) is 32.4 Å². The van der Waals surface area contributed by atoms with Crippen molar-refractivity contribution in [3.05, 3.63) is 0 Å². The van der Waals surface area contributed by atoms with Gasteiger partial charge in [-0.15, -0.1) is 0 Å². The summed E-state index contributed by atoms with van der Waals surface area (Å²) in [7, 11) is 0. The molecule has 0 bridgehead atoms. The van der Waals surface area contributed by atoms with Gasteiger partial charge in [-0.2, -0.15) is 0 Å². The summed E-state index contributed by atoms with van der Waals surface area (Å²) in [6.45, 7) is 14.1. The lowest BCUT2D eigenvalue weighted by molar-refractivity contribution is -0.145. The Labute approximate surface area is 252 Å². The van der Waals surface area contributed by atoms with Gasteiger partial charge < -0.3 is 57.4 Å². The average Bonchev–Trinajstić information content (AvgIpc) is 3.00. The van der Waals surface area contributed by atoms with Gasteiger partial charge in [-0.1, -0.05) is 6.92 Å². The van der Waals surface area contributed by atoms with E-state index < -0.39 is 0 Å². The molecule has 0 saturated carbocycles. The normalized spacial score (nSPS) is 14.0. The zero-order chi connectivity index (χ0) is 30.0. The molecular weight excluding hydrogens is 554 g/mol. The Hall–Kier alpha value is -0.970. The Balaban J connectivity index is 1.61. The zero-order valence-corrected chi connectivity index (χ0v) is 25.9. The van der Waals surface area contributed by atoms with Crippen LogP contribution >= 0.6 is 0 Å². The van der Waals surface area contributed by atoms with Gasteiger partial charge in [0.1, 0.15) is 6.61 Å². The molecule has 1 heterocycles. The fraction of sp³-hybridized carbons (Fsp3) is 0.966. The minimum atomic E-state index is -0.186. The van der Waals surface area contributed by atoms with Crippen LogP contribution in [0.3, 0.4) is 0 Å². The number of carbonyl (C=O) groups excluding carboxylic acids is 1. The first-order chi connectivity index (χ1) is 20.8. The number of nitrogens with one attached hydrogen (secondary N) is 1. The molecule has 250 valence electrons. The standard InChI is InChI=1S/C29H57NO12/c1-2-3-29(31)42-27-25-40-23-21-38-19-17-36-15-13-34-11-9-32-8-10-33-12-14-35-16-18-37-20-22-39-24-26-41-28-4-6-30-7-5-28/h28,30H,2-27H2,1H3. The summed E-state index contributed by atoms with van der Waals surface area (Å²) < 4.78 is 59.8. The lowest BCUT2D eigenvalue weighted by atomic mass is 10.1. The molecular formula is C29H57NO12. The molecule has 1 aliphatic heterocycles. The van der Waals surface area contributed by atoms with Crippen molar-refractivity contribution in [2.24, 2.45) is 0 Å². The fourth-order valence-corrected chi connectivity index (χ4v) is 3.59. The van der Waals surface area contributed by atoms with Crippen molar-refractivity contribution < 1.29 is 56.9 Å². The first-order valence-electron chi connectivity index (χ1n) is 15.5. The average molecular weight is 612 g/mol. The highest BCUT2D eigenvalue weighted by Crippen LogP contribution is 2.06. The minimum Gasteiger partial charge on any atom is -0.463 e. The lowest BCUT2D eigenvalue weighted by Crippen LogP contribution is -2.33. The summed E-state index contributed by atoms with van der Waals surface area (Å²) in [5.74, 6) is -0.186. The van der Waals surface area contributed by atoms with Gasteiger partial charge in [0.25, 0.3) is 0 Å². The second-order valence-corrected chi connectivity index (χ2v) is 9.30. The van der Waals surface area contributed by atoms with Crippen molar-refractivity contribution in [3.63, 3.8) is 0 Å². The molecule has 13 heteroatoms. The smallest absolute Gasteiger partial charge is 0.305 e. The molecule has 0 amide bonds. The van der Waals surface area contributed by atoms with Crippen LogP contribution in [0.2, 0.25) is 0 Å². The molecule has 42 heavy (non-hydrogen) atoms. The maximum Gasteiger partial charge on any atom is 0.305 e. The van der Waals surface area contributed by atoms with Gasteiger partial charge in [-0.25, -0.2) is 0 Å². The van der Waals surface area contributed by atoms with Gasteiger partial charge in [-0.05, 0) is 32.4 Å². The van der Waals surface area contributed by atoms with Crippen molar-refractivity contribution in [2.75, 3.05) is 145 Å². The van der Waals surface area contributed by atoms with Gasteiger partial charge in [0.15, 0.2) is 0 Å². The zero-order valence-electron chi connectivity index (χ0n) is 25.9. The largest absolute Gasteiger partial charge is 0.463 e. The first-order valence-corrected chi connectivity index (χ1v) is 15.5. The molecule has 1 fully saturated rings. The predicted octanol–water partition coefficient (Wildman–Crippen LogP) is 1.25. The summed E-state index contributed by atoms with van der Waals surface area (Å²) in [5, 5.41) is 3.32. The first kappa shape index (κ1) is 39.1. The molecule has 0 aromatic heterocycles. The molecule has 0 spiro atoms. The Bertz CT molecular complexity index is 555. The van der Waals surface area contributed by atoms with Crippen molar-refractivity contribution in [1.82, 2.24) is 5.32 Å². The Morgan fingerprint density at radius 1 is 0.500 bits per heavy atom. The highest BCUT2D eigenvalue weighted by molar-refractivity contribution is 5.69. The van der Waals surface area contributed by atoms with E-state index in [1.807, 2.05) is 6.92 Å². The van der Waals surface area contributed by atoms with Crippen molar-refractivity contribution in [2.45, 2.75) is 38.7 Å². The lowest BCUT2D eigenvalue weighted by Gasteiger charge is -2.22. The predicted molar refractivity (Wildman–Crippen MR) is 155 cm³/mol. The SMILES string of the molecule is CCCC(=O)OCCOCCOCCOCCOCCOCCOCCOCCOCCOCCOC1CCNCC1. The van der Waals surface area contributed by atoms with Crippen LogP contribution in [0.5, 0.6) is 0 Å². The highest BCUT2D eigenvalue weighted by Gasteiger charge is 2.12. The van der Waals surface area contributed by atoms with E-state index in [9.17, 15) is 4.79 Å². The number of carbonyl (C=O) groups is 1. The Morgan fingerprint density at radius 2 is 0.810 bits per heavy atom. The monoisotopic (exact) mass is 611 g/mol. The minimum absolute atomic E-state index is 0.186. The van der Waals surface area contributed by atoms with Gasteiger partial charge in [0, 0.05) is 6.42 Å². The van der Waals surface area contributed by atoms with E-state index >= 15 is 0 Å². The van der Waals surface area contributed by atoms with E-state index in [4.69, 9.17) is 52.1 Å². The molecule has 1 N–H and O–H groups in total. The molecule has 0 radical (unpaired) electrons. The van der Waals surface area contributed by atoms with Crippen LogP contribution in [0.25, 0.3) is 0 Å². The van der Waals surface area contributed by atoms with Crippen LogP contribution in [0.1, 0.15) is 32.6 Å². The van der Waals surface area contributed by atoms with E-state index in [1.54, 1.807) is 0 Å². The van der Waals surface area contributed by atoms with Crippen LogP contribution in [-0.2, 0) is 56.9 Å². The maximum atomic E-state index is 11.2. The van der Waals surface area contributed by atoms with Crippen molar-refractivity contribution in [3.8, 4) is 0 Å². The molecule has 1 saturated heterocycles. The van der Waals surface area contributed by atoms with E-state index in [-0.39, 0.29) is 12.6 Å². The second kappa shape index (κ2) is 32.9. The second-order valence-electron chi connectivity index (χ2n) is 9.30. The molecule has 0 aliphatic carbocycles. The highest BCUT2D eigenvalue weighted by atomic mass is 16.6. The molecule has 1 aliphatic rings. The molecule has 13 nitrogen and oxygen atoms in total. The van der Waals surface area contributed by atoms with Crippen LogP contribution in [0, 0.1) is 0 Å². The number of ether oxygens (including phenoxy) is 11.